The molecule has 6 heteroatoms. The molecule has 1 aliphatic heterocycles. The van der Waals surface area contributed by atoms with Gasteiger partial charge in [0.25, 0.3) is 0 Å². The van der Waals surface area contributed by atoms with Gasteiger partial charge in [-0.15, -0.1) is 0 Å². The highest BCUT2D eigenvalue weighted by Gasteiger charge is 2.18. The van der Waals surface area contributed by atoms with Crippen LogP contribution < -0.4 is 5.32 Å². The van der Waals surface area contributed by atoms with Gasteiger partial charge in [-0.3, -0.25) is 0 Å². The molecule has 0 unspecified atom stereocenters. The van der Waals surface area contributed by atoms with Gasteiger partial charge in [0.15, 0.2) is 0 Å². The Labute approximate surface area is 121 Å². The van der Waals surface area contributed by atoms with Crippen LogP contribution in [0.4, 0.5) is 5.69 Å². The van der Waals surface area contributed by atoms with Crippen molar-refractivity contribution in [3.05, 3.63) is 24.3 Å². The standard InChI is InChI=1S/C14H23N3O2S/c1-16(2)20(18,19)14-6-4-12(5-7-14)15-13-8-10-17(3)11-9-13/h4-7,13,15H,8-11H2,1-3H3. The van der Waals surface area contributed by atoms with E-state index in [4.69, 9.17) is 0 Å². The Hall–Kier alpha value is -1.11. The van der Waals surface area contributed by atoms with Gasteiger partial charge in [-0.25, -0.2) is 12.7 Å². The molecule has 0 spiro atoms. The van der Waals surface area contributed by atoms with E-state index in [1.807, 2.05) is 12.1 Å². The topological polar surface area (TPSA) is 52.7 Å². The van der Waals surface area contributed by atoms with Gasteiger partial charge in [0, 0.05) is 25.8 Å². The molecule has 5 nitrogen and oxygen atoms in total. The second-order valence-electron chi connectivity index (χ2n) is 5.53. The summed E-state index contributed by atoms with van der Waals surface area (Å²) in [7, 11) is 1.88. The first-order valence-electron chi connectivity index (χ1n) is 6.87. The summed E-state index contributed by atoms with van der Waals surface area (Å²) in [6.07, 6.45) is 2.24. The van der Waals surface area contributed by atoms with Crippen LogP contribution in [-0.4, -0.2) is 57.9 Å². The second-order valence-corrected chi connectivity index (χ2v) is 7.69. The van der Waals surface area contributed by atoms with E-state index in [0.29, 0.717) is 10.9 Å². The Balaban J connectivity index is 2.02. The van der Waals surface area contributed by atoms with Crippen molar-refractivity contribution in [2.45, 2.75) is 23.8 Å². The van der Waals surface area contributed by atoms with Crippen LogP contribution in [0.1, 0.15) is 12.8 Å². The van der Waals surface area contributed by atoms with E-state index in [2.05, 4.69) is 17.3 Å². The van der Waals surface area contributed by atoms with Crippen molar-refractivity contribution in [2.24, 2.45) is 0 Å². The molecule has 1 fully saturated rings. The van der Waals surface area contributed by atoms with Gasteiger partial charge in [0.05, 0.1) is 4.90 Å². The Morgan fingerprint density at radius 3 is 2.20 bits per heavy atom. The first kappa shape index (κ1) is 15.3. The van der Waals surface area contributed by atoms with E-state index >= 15 is 0 Å². The lowest BCUT2D eigenvalue weighted by Crippen LogP contribution is -2.36. The van der Waals surface area contributed by atoms with Gasteiger partial charge in [-0.2, -0.15) is 0 Å². The van der Waals surface area contributed by atoms with Crippen molar-refractivity contribution in [2.75, 3.05) is 39.5 Å². The predicted molar refractivity (Wildman–Crippen MR) is 81.5 cm³/mol. The van der Waals surface area contributed by atoms with E-state index in [-0.39, 0.29) is 0 Å². The summed E-state index contributed by atoms with van der Waals surface area (Å²) in [4.78, 5) is 2.65. The molecule has 1 N–H and O–H groups in total. The van der Waals surface area contributed by atoms with E-state index in [9.17, 15) is 8.42 Å². The number of hydrogen-bond acceptors (Lipinski definition) is 4. The van der Waals surface area contributed by atoms with Crippen LogP contribution in [-0.2, 0) is 10.0 Å². The lowest BCUT2D eigenvalue weighted by Gasteiger charge is -2.30. The quantitative estimate of drug-likeness (QED) is 0.914. The first-order valence-corrected chi connectivity index (χ1v) is 8.31. The lowest BCUT2D eigenvalue weighted by atomic mass is 10.1. The minimum Gasteiger partial charge on any atom is -0.382 e. The van der Waals surface area contributed by atoms with Crippen molar-refractivity contribution in [3.63, 3.8) is 0 Å². The highest BCUT2D eigenvalue weighted by molar-refractivity contribution is 7.89. The summed E-state index contributed by atoms with van der Waals surface area (Å²) < 4.78 is 25.2. The molecule has 2 rings (SSSR count). The molecule has 1 heterocycles. The molecule has 1 aliphatic rings. The van der Waals surface area contributed by atoms with Gasteiger partial charge in [0.2, 0.25) is 10.0 Å². The SMILES string of the molecule is CN1CCC(Nc2ccc(S(=O)(=O)N(C)C)cc2)CC1. The van der Waals surface area contributed by atoms with Gasteiger partial charge in [-0.1, -0.05) is 0 Å². The average molecular weight is 297 g/mol. The predicted octanol–water partition coefficient (Wildman–Crippen LogP) is 1.44. The molecule has 0 saturated carbocycles. The lowest BCUT2D eigenvalue weighted by molar-refractivity contribution is 0.264. The number of benzene rings is 1. The monoisotopic (exact) mass is 297 g/mol. The van der Waals surface area contributed by atoms with Crippen LogP contribution >= 0.6 is 0 Å². The summed E-state index contributed by atoms with van der Waals surface area (Å²) in [5.74, 6) is 0. The van der Waals surface area contributed by atoms with Crippen LogP contribution in [0.3, 0.4) is 0 Å². The van der Waals surface area contributed by atoms with Crippen LogP contribution in [0.25, 0.3) is 0 Å². The van der Waals surface area contributed by atoms with Crippen molar-refractivity contribution < 1.29 is 8.42 Å². The maximum Gasteiger partial charge on any atom is 0.242 e. The molecular weight excluding hydrogens is 274 g/mol. The Bertz CT molecular complexity index is 532. The van der Waals surface area contributed by atoms with Gasteiger partial charge < -0.3 is 10.2 Å². The average Bonchev–Trinajstić information content (AvgIpc) is 2.42. The van der Waals surface area contributed by atoms with Gasteiger partial charge in [0.1, 0.15) is 0 Å². The minimum atomic E-state index is -3.34. The molecule has 0 aliphatic carbocycles. The molecule has 1 aromatic carbocycles. The molecule has 0 bridgehead atoms. The number of anilines is 1. The van der Waals surface area contributed by atoms with Crippen LogP contribution in [0.2, 0.25) is 0 Å². The molecule has 112 valence electrons. The maximum atomic E-state index is 12.0. The van der Waals surface area contributed by atoms with E-state index in [1.54, 1.807) is 26.2 Å². The number of nitrogens with one attached hydrogen (secondary N) is 1. The van der Waals surface area contributed by atoms with E-state index in [1.165, 1.54) is 4.31 Å². The molecule has 20 heavy (non-hydrogen) atoms. The Morgan fingerprint density at radius 1 is 1.15 bits per heavy atom. The Kier molecular flexibility index (Phi) is 4.67. The third-order valence-electron chi connectivity index (χ3n) is 3.72. The third kappa shape index (κ3) is 3.50. The van der Waals surface area contributed by atoms with Gasteiger partial charge >= 0.3 is 0 Å². The number of rotatable bonds is 4. The van der Waals surface area contributed by atoms with Crippen molar-refractivity contribution in [3.8, 4) is 0 Å². The molecule has 0 aromatic heterocycles. The number of likely N-dealkylation sites (tertiary alicyclic amines) is 1. The van der Waals surface area contributed by atoms with Crippen molar-refractivity contribution in [1.29, 1.82) is 0 Å². The fourth-order valence-corrected chi connectivity index (χ4v) is 3.22. The van der Waals surface area contributed by atoms with E-state index in [0.717, 1.165) is 31.6 Å². The molecule has 0 radical (unpaired) electrons. The van der Waals surface area contributed by atoms with E-state index < -0.39 is 10.0 Å². The van der Waals surface area contributed by atoms with Crippen molar-refractivity contribution >= 4 is 15.7 Å². The summed E-state index contributed by atoms with van der Waals surface area (Å²) in [6, 6.07) is 7.48. The number of nitrogens with zero attached hydrogens (tertiary/aromatic N) is 2. The van der Waals surface area contributed by atoms with Crippen LogP contribution in [0.15, 0.2) is 29.2 Å². The summed E-state index contributed by atoms with van der Waals surface area (Å²) in [6.45, 7) is 2.20. The first-order chi connectivity index (χ1) is 9.39. The van der Waals surface area contributed by atoms with Crippen LogP contribution in [0.5, 0.6) is 0 Å². The zero-order valence-corrected chi connectivity index (χ0v) is 13.2. The third-order valence-corrected chi connectivity index (χ3v) is 5.55. The maximum absolute atomic E-state index is 12.0. The largest absolute Gasteiger partial charge is 0.382 e. The molecule has 0 amide bonds. The zero-order valence-electron chi connectivity index (χ0n) is 12.3. The fourth-order valence-electron chi connectivity index (χ4n) is 2.32. The zero-order chi connectivity index (χ0) is 14.8. The summed E-state index contributed by atoms with van der Waals surface area (Å²) in [5, 5.41) is 3.47. The number of sulfonamides is 1. The normalized spacial score (nSPS) is 18.4. The van der Waals surface area contributed by atoms with Gasteiger partial charge in [-0.05, 0) is 57.2 Å². The summed E-state index contributed by atoms with van der Waals surface area (Å²) in [5.41, 5.74) is 0.984. The van der Waals surface area contributed by atoms with Crippen LogP contribution in [0, 0.1) is 0 Å². The fraction of sp³-hybridized carbons (Fsp3) is 0.571. The number of hydrogen-bond donors (Lipinski definition) is 1. The summed E-state index contributed by atoms with van der Waals surface area (Å²) >= 11 is 0. The highest BCUT2D eigenvalue weighted by atomic mass is 32.2. The highest BCUT2D eigenvalue weighted by Crippen LogP contribution is 2.19. The smallest absolute Gasteiger partial charge is 0.242 e. The molecule has 0 atom stereocenters. The molecule has 1 aromatic rings. The second kappa shape index (κ2) is 6.11. The van der Waals surface area contributed by atoms with Crippen molar-refractivity contribution in [1.82, 2.24) is 9.21 Å². The number of piperidine rings is 1. The Morgan fingerprint density at radius 2 is 1.70 bits per heavy atom. The minimum absolute atomic E-state index is 0.330. The molecular formula is C14H23N3O2S. The molecule has 1 saturated heterocycles.